The van der Waals surface area contributed by atoms with Gasteiger partial charge in [-0.2, -0.15) is 0 Å². The molecule has 0 heterocycles. The largest absolute Gasteiger partial charge is 0.321 e. The fourth-order valence-corrected chi connectivity index (χ4v) is 2.36. The first-order valence-corrected chi connectivity index (χ1v) is 6.71. The monoisotopic (exact) mass is 357 g/mol. The summed E-state index contributed by atoms with van der Waals surface area (Å²) in [6.07, 6.45) is 0. The maximum absolute atomic E-state index is 13.5. The molecule has 0 aromatic heterocycles. The molecule has 0 unspecified atom stereocenters. The molecule has 4 nitrogen and oxygen atoms in total. The summed E-state index contributed by atoms with van der Waals surface area (Å²) >= 11 is 9.27. The van der Waals surface area contributed by atoms with Gasteiger partial charge < -0.3 is 10.7 Å². The molecule has 7 heteroatoms. The van der Waals surface area contributed by atoms with Crippen LogP contribution >= 0.6 is 27.5 Å². The number of amides is 1. The number of halogens is 3. The Morgan fingerprint density at radius 2 is 2.05 bits per heavy atom. The van der Waals surface area contributed by atoms with E-state index in [1.807, 2.05) is 0 Å². The second kappa shape index (κ2) is 6.21. The number of anilines is 2. The van der Waals surface area contributed by atoms with Crippen LogP contribution in [0.25, 0.3) is 0 Å². The van der Waals surface area contributed by atoms with Crippen molar-refractivity contribution in [1.82, 2.24) is 0 Å². The molecule has 0 saturated carbocycles. The second-order valence-electron chi connectivity index (χ2n) is 3.89. The van der Waals surface area contributed by atoms with Gasteiger partial charge in [0.05, 0.1) is 22.0 Å². The van der Waals surface area contributed by atoms with E-state index in [1.165, 1.54) is 18.2 Å². The molecule has 0 aliphatic rings. The maximum Gasteiger partial charge on any atom is 0.257 e. The SMILES string of the molecule is NNc1c(F)cccc1C(=O)Nc1ccc(Br)cc1Cl. The average Bonchev–Trinajstić information content (AvgIpc) is 2.41. The van der Waals surface area contributed by atoms with Crippen LogP contribution in [0.3, 0.4) is 0 Å². The quantitative estimate of drug-likeness (QED) is 0.578. The zero-order valence-electron chi connectivity index (χ0n) is 10.1. The Morgan fingerprint density at radius 3 is 2.70 bits per heavy atom. The molecule has 2 rings (SSSR count). The zero-order chi connectivity index (χ0) is 14.7. The topological polar surface area (TPSA) is 67.1 Å². The van der Waals surface area contributed by atoms with Gasteiger partial charge in [-0.3, -0.25) is 10.6 Å². The van der Waals surface area contributed by atoms with Crippen LogP contribution in [-0.4, -0.2) is 5.91 Å². The normalized spacial score (nSPS) is 10.2. The lowest BCUT2D eigenvalue weighted by Crippen LogP contribution is -2.18. The molecule has 0 atom stereocenters. The van der Waals surface area contributed by atoms with Gasteiger partial charge >= 0.3 is 0 Å². The number of para-hydroxylation sites is 1. The van der Waals surface area contributed by atoms with Gasteiger partial charge in [-0.1, -0.05) is 33.6 Å². The lowest BCUT2D eigenvalue weighted by atomic mass is 10.1. The summed E-state index contributed by atoms with van der Waals surface area (Å²) in [6, 6.07) is 9.10. The molecule has 20 heavy (non-hydrogen) atoms. The summed E-state index contributed by atoms with van der Waals surface area (Å²) in [6.45, 7) is 0. The Morgan fingerprint density at radius 1 is 1.30 bits per heavy atom. The first kappa shape index (κ1) is 14.8. The predicted octanol–water partition coefficient (Wildman–Crippen LogP) is 3.78. The van der Waals surface area contributed by atoms with Crippen LogP contribution in [-0.2, 0) is 0 Å². The molecular weight excluding hydrogens is 349 g/mol. The third-order valence-corrected chi connectivity index (χ3v) is 3.39. The minimum atomic E-state index is -0.609. The number of nitrogens with two attached hydrogens (primary N) is 1. The first-order valence-electron chi connectivity index (χ1n) is 5.54. The average molecular weight is 359 g/mol. The fraction of sp³-hybridized carbons (Fsp3) is 0. The number of carbonyl (C=O) groups is 1. The van der Waals surface area contributed by atoms with Gasteiger partial charge in [-0.25, -0.2) is 4.39 Å². The molecule has 2 aromatic rings. The lowest BCUT2D eigenvalue weighted by molar-refractivity contribution is 0.102. The van der Waals surface area contributed by atoms with Crippen LogP contribution in [0.15, 0.2) is 40.9 Å². The predicted molar refractivity (Wildman–Crippen MR) is 81.3 cm³/mol. The van der Waals surface area contributed by atoms with E-state index in [4.69, 9.17) is 17.4 Å². The summed E-state index contributed by atoms with van der Waals surface area (Å²) in [5, 5.41) is 2.97. The van der Waals surface area contributed by atoms with E-state index in [0.29, 0.717) is 10.7 Å². The van der Waals surface area contributed by atoms with E-state index in [2.05, 4.69) is 26.7 Å². The van der Waals surface area contributed by atoms with Gasteiger partial charge in [0.2, 0.25) is 0 Å². The Hall–Kier alpha value is -1.63. The second-order valence-corrected chi connectivity index (χ2v) is 5.21. The van der Waals surface area contributed by atoms with Crippen molar-refractivity contribution in [2.75, 3.05) is 10.7 Å². The number of hydrogen-bond donors (Lipinski definition) is 3. The number of hydrazine groups is 1. The molecule has 0 aliphatic heterocycles. The van der Waals surface area contributed by atoms with Gasteiger partial charge in [0.1, 0.15) is 5.82 Å². The van der Waals surface area contributed by atoms with Crippen LogP contribution < -0.4 is 16.6 Å². The first-order chi connectivity index (χ1) is 9.52. The highest BCUT2D eigenvalue weighted by Crippen LogP contribution is 2.27. The summed E-state index contributed by atoms with van der Waals surface area (Å²) in [5.74, 6) is 4.11. The molecule has 0 bridgehead atoms. The van der Waals surface area contributed by atoms with Crippen LogP contribution in [0.1, 0.15) is 10.4 Å². The molecular formula is C13H10BrClFN3O. The molecule has 4 N–H and O–H groups in total. The molecule has 0 radical (unpaired) electrons. The van der Waals surface area contributed by atoms with Gasteiger partial charge in [-0.05, 0) is 30.3 Å². The van der Waals surface area contributed by atoms with Crippen LogP contribution in [0.2, 0.25) is 5.02 Å². The standard InChI is InChI=1S/C13H10BrClFN3O/c14-7-4-5-11(9(15)6-7)18-13(20)8-2-1-3-10(16)12(8)19-17/h1-6,19H,17H2,(H,18,20). The summed E-state index contributed by atoms with van der Waals surface area (Å²) in [5.41, 5.74) is 2.62. The van der Waals surface area contributed by atoms with E-state index < -0.39 is 11.7 Å². The number of hydrogen-bond acceptors (Lipinski definition) is 3. The van der Waals surface area contributed by atoms with Gasteiger partial charge in [0.15, 0.2) is 0 Å². The van der Waals surface area contributed by atoms with Crippen LogP contribution in [0.5, 0.6) is 0 Å². The van der Waals surface area contributed by atoms with E-state index in [0.717, 1.165) is 4.47 Å². The fourth-order valence-electron chi connectivity index (χ4n) is 1.64. The van der Waals surface area contributed by atoms with Crippen molar-refractivity contribution < 1.29 is 9.18 Å². The van der Waals surface area contributed by atoms with Crippen molar-refractivity contribution >= 4 is 44.8 Å². The highest BCUT2D eigenvalue weighted by atomic mass is 79.9. The van der Waals surface area contributed by atoms with Crippen molar-refractivity contribution in [3.05, 3.63) is 57.3 Å². The summed E-state index contributed by atoms with van der Waals surface area (Å²) in [4.78, 5) is 12.1. The molecule has 2 aromatic carbocycles. The zero-order valence-corrected chi connectivity index (χ0v) is 12.4. The summed E-state index contributed by atoms with van der Waals surface area (Å²) in [7, 11) is 0. The van der Waals surface area contributed by atoms with Gasteiger partial charge in [0.25, 0.3) is 5.91 Å². The molecule has 0 fully saturated rings. The molecule has 0 saturated heterocycles. The van der Waals surface area contributed by atoms with Crippen LogP contribution in [0, 0.1) is 5.82 Å². The molecule has 1 amide bonds. The van der Waals surface area contributed by atoms with Crippen molar-refractivity contribution in [2.45, 2.75) is 0 Å². The third kappa shape index (κ3) is 3.09. The molecule has 0 spiro atoms. The number of nitrogens with one attached hydrogen (secondary N) is 2. The van der Waals surface area contributed by atoms with E-state index in [9.17, 15) is 9.18 Å². The highest BCUT2D eigenvalue weighted by molar-refractivity contribution is 9.10. The van der Waals surface area contributed by atoms with E-state index in [-0.39, 0.29) is 11.3 Å². The Balaban J connectivity index is 2.31. The summed E-state index contributed by atoms with van der Waals surface area (Å²) < 4.78 is 14.3. The smallest absolute Gasteiger partial charge is 0.257 e. The molecule has 104 valence electrons. The Bertz CT molecular complexity index is 666. The maximum atomic E-state index is 13.5. The van der Waals surface area contributed by atoms with Crippen molar-refractivity contribution in [2.24, 2.45) is 5.84 Å². The van der Waals surface area contributed by atoms with Crippen LogP contribution in [0.4, 0.5) is 15.8 Å². The minimum absolute atomic E-state index is 0.0711. The Kier molecular flexibility index (Phi) is 4.59. The highest BCUT2D eigenvalue weighted by Gasteiger charge is 2.15. The number of nitrogen functional groups attached to an aromatic ring is 1. The number of rotatable bonds is 3. The Labute approximate surface area is 128 Å². The lowest BCUT2D eigenvalue weighted by Gasteiger charge is -2.11. The third-order valence-electron chi connectivity index (χ3n) is 2.58. The van der Waals surface area contributed by atoms with E-state index >= 15 is 0 Å². The van der Waals surface area contributed by atoms with Gasteiger partial charge in [-0.15, -0.1) is 0 Å². The minimum Gasteiger partial charge on any atom is -0.321 e. The number of benzene rings is 2. The van der Waals surface area contributed by atoms with Crippen molar-refractivity contribution in [3.8, 4) is 0 Å². The van der Waals surface area contributed by atoms with E-state index in [1.54, 1.807) is 18.2 Å². The van der Waals surface area contributed by atoms with Crippen molar-refractivity contribution in [3.63, 3.8) is 0 Å². The van der Waals surface area contributed by atoms with Crippen molar-refractivity contribution in [1.29, 1.82) is 0 Å². The number of carbonyl (C=O) groups excluding carboxylic acids is 1. The molecule has 0 aliphatic carbocycles. The van der Waals surface area contributed by atoms with Gasteiger partial charge in [0, 0.05) is 4.47 Å².